The molecule has 8 heteroatoms. The van der Waals surface area contributed by atoms with Crippen molar-refractivity contribution < 1.29 is 19.3 Å². The number of hydrogen-bond donors (Lipinski definition) is 3. The molecule has 1 fully saturated rings. The predicted octanol–water partition coefficient (Wildman–Crippen LogP) is -1.50. The van der Waals surface area contributed by atoms with Gasteiger partial charge in [0, 0.05) is 6.20 Å². The molecule has 3 N–H and O–H groups in total. The lowest BCUT2D eigenvalue weighted by Gasteiger charge is -2.15. The molecule has 0 spiro atoms. The second-order valence-electron chi connectivity index (χ2n) is 4.27. The van der Waals surface area contributed by atoms with Crippen LogP contribution in [0.2, 0.25) is 0 Å². The summed E-state index contributed by atoms with van der Waals surface area (Å²) in [6, 6.07) is 0. The Balaban J connectivity index is 2.47. The van der Waals surface area contributed by atoms with Crippen LogP contribution in [0.5, 0.6) is 0 Å². The SMILES string of the molecule is CC#Cc1cn(C2OC(CO)C(O)C2F)c(=O)[nH]c1=O. The monoisotopic (exact) mass is 284 g/mol. The number of ether oxygens (including phenoxy) is 1. The third kappa shape index (κ3) is 2.38. The minimum absolute atomic E-state index is 0.0233. The number of halogens is 1. The standard InChI is InChI=1S/C12H13FN2O5/c1-2-3-6-4-15(12(19)14-10(6)18)11-8(13)9(17)7(5-16)20-11/h4,7-9,11,16-17H,5H2,1H3,(H,14,18,19). The first-order valence-corrected chi connectivity index (χ1v) is 5.86. The van der Waals surface area contributed by atoms with Crippen LogP contribution in [0.3, 0.4) is 0 Å². The van der Waals surface area contributed by atoms with Gasteiger partial charge in [-0.3, -0.25) is 14.3 Å². The van der Waals surface area contributed by atoms with Gasteiger partial charge in [0.15, 0.2) is 12.4 Å². The highest BCUT2D eigenvalue weighted by atomic mass is 19.1. The quantitative estimate of drug-likeness (QED) is 0.573. The fraction of sp³-hybridized carbons (Fsp3) is 0.500. The highest BCUT2D eigenvalue weighted by molar-refractivity contribution is 5.28. The number of aliphatic hydroxyl groups is 2. The van der Waals surface area contributed by atoms with Gasteiger partial charge in [0.2, 0.25) is 0 Å². The van der Waals surface area contributed by atoms with E-state index in [-0.39, 0.29) is 5.56 Å². The van der Waals surface area contributed by atoms with Crippen molar-refractivity contribution >= 4 is 0 Å². The number of rotatable bonds is 2. The molecule has 1 saturated heterocycles. The van der Waals surface area contributed by atoms with Gasteiger partial charge in [-0.1, -0.05) is 5.92 Å². The van der Waals surface area contributed by atoms with E-state index in [1.807, 2.05) is 4.98 Å². The largest absolute Gasteiger partial charge is 0.394 e. The third-order valence-corrected chi connectivity index (χ3v) is 2.98. The molecular formula is C12H13FN2O5. The molecule has 0 bridgehead atoms. The summed E-state index contributed by atoms with van der Waals surface area (Å²) >= 11 is 0. The van der Waals surface area contributed by atoms with E-state index >= 15 is 0 Å². The van der Waals surface area contributed by atoms with E-state index in [0.29, 0.717) is 0 Å². The van der Waals surface area contributed by atoms with Crippen molar-refractivity contribution in [2.24, 2.45) is 0 Å². The molecule has 0 radical (unpaired) electrons. The zero-order valence-corrected chi connectivity index (χ0v) is 10.5. The van der Waals surface area contributed by atoms with Gasteiger partial charge < -0.3 is 14.9 Å². The minimum Gasteiger partial charge on any atom is -0.394 e. The van der Waals surface area contributed by atoms with Gasteiger partial charge in [-0.05, 0) is 6.92 Å². The molecule has 7 nitrogen and oxygen atoms in total. The zero-order valence-electron chi connectivity index (χ0n) is 10.5. The third-order valence-electron chi connectivity index (χ3n) is 2.98. The number of nitrogens with one attached hydrogen (secondary N) is 1. The van der Waals surface area contributed by atoms with E-state index < -0.39 is 42.5 Å². The Morgan fingerprint density at radius 2 is 2.25 bits per heavy atom. The molecule has 1 aliphatic heterocycles. The van der Waals surface area contributed by atoms with Crippen LogP contribution in [0.15, 0.2) is 15.8 Å². The zero-order chi connectivity index (χ0) is 14.9. The summed E-state index contributed by atoms with van der Waals surface area (Å²) in [5.74, 6) is 4.97. The normalized spacial score (nSPS) is 29.0. The molecule has 1 aromatic heterocycles. The molecule has 0 amide bonds. The number of aromatic amines is 1. The van der Waals surface area contributed by atoms with E-state index in [0.717, 1.165) is 10.8 Å². The van der Waals surface area contributed by atoms with Gasteiger partial charge in [0.25, 0.3) is 5.56 Å². The molecule has 1 aromatic rings. The van der Waals surface area contributed by atoms with E-state index in [1.165, 1.54) is 6.92 Å². The second kappa shape index (κ2) is 5.58. The number of aromatic nitrogens is 2. The molecule has 20 heavy (non-hydrogen) atoms. The Hall–Kier alpha value is -1.95. The number of alkyl halides is 1. The topological polar surface area (TPSA) is 105 Å². The van der Waals surface area contributed by atoms with Crippen LogP contribution < -0.4 is 11.2 Å². The molecular weight excluding hydrogens is 271 g/mol. The number of aliphatic hydroxyl groups excluding tert-OH is 2. The number of H-pyrrole nitrogens is 1. The Kier molecular flexibility index (Phi) is 4.04. The summed E-state index contributed by atoms with van der Waals surface area (Å²) in [5.41, 5.74) is -1.59. The maximum absolute atomic E-state index is 13.9. The first-order valence-electron chi connectivity index (χ1n) is 5.86. The van der Waals surface area contributed by atoms with E-state index in [9.17, 15) is 19.1 Å². The Morgan fingerprint density at radius 1 is 1.55 bits per heavy atom. The molecule has 2 heterocycles. The maximum atomic E-state index is 13.9. The maximum Gasteiger partial charge on any atom is 0.330 e. The summed E-state index contributed by atoms with van der Waals surface area (Å²) in [7, 11) is 0. The average Bonchev–Trinajstić information content (AvgIpc) is 2.70. The van der Waals surface area contributed by atoms with Crippen LogP contribution in [-0.4, -0.2) is 44.8 Å². The van der Waals surface area contributed by atoms with E-state index in [2.05, 4.69) is 11.8 Å². The van der Waals surface area contributed by atoms with Crippen molar-refractivity contribution in [1.82, 2.24) is 9.55 Å². The van der Waals surface area contributed by atoms with Crippen LogP contribution in [0.25, 0.3) is 0 Å². The molecule has 4 atom stereocenters. The van der Waals surface area contributed by atoms with Crippen LogP contribution in [-0.2, 0) is 4.74 Å². The molecule has 0 aliphatic carbocycles. The fourth-order valence-corrected chi connectivity index (χ4v) is 1.98. The van der Waals surface area contributed by atoms with Crippen LogP contribution in [0.4, 0.5) is 4.39 Å². The minimum atomic E-state index is -1.90. The summed E-state index contributed by atoms with van der Waals surface area (Å²) in [4.78, 5) is 25.2. The highest BCUT2D eigenvalue weighted by Gasteiger charge is 2.45. The molecule has 0 aromatic carbocycles. The second-order valence-corrected chi connectivity index (χ2v) is 4.27. The summed E-state index contributed by atoms with van der Waals surface area (Å²) in [5, 5.41) is 18.5. The predicted molar refractivity (Wildman–Crippen MR) is 65.8 cm³/mol. The molecule has 2 rings (SSSR count). The number of nitrogens with zero attached hydrogens (tertiary/aromatic N) is 1. The molecule has 1 aliphatic rings. The fourth-order valence-electron chi connectivity index (χ4n) is 1.98. The van der Waals surface area contributed by atoms with Crippen LogP contribution in [0.1, 0.15) is 18.7 Å². The van der Waals surface area contributed by atoms with Gasteiger partial charge in [-0.15, -0.1) is 5.92 Å². The Labute approximate surface area is 112 Å². The number of hydrogen-bond acceptors (Lipinski definition) is 5. The lowest BCUT2D eigenvalue weighted by molar-refractivity contribution is -0.0491. The lowest BCUT2D eigenvalue weighted by Crippen LogP contribution is -2.37. The highest BCUT2D eigenvalue weighted by Crippen LogP contribution is 2.30. The van der Waals surface area contributed by atoms with Crippen molar-refractivity contribution in [3.05, 3.63) is 32.6 Å². The average molecular weight is 284 g/mol. The van der Waals surface area contributed by atoms with Gasteiger partial charge in [-0.25, -0.2) is 9.18 Å². The van der Waals surface area contributed by atoms with Crippen LogP contribution in [0, 0.1) is 11.8 Å². The Morgan fingerprint density at radius 3 is 2.80 bits per heavy atom. The lowest BCUT2D eigenvalue weighted by atomic mass is 10.1. The Bertz CT molecular complexity index is 671. The van der Waals surface area contributed by atoms with Gasteiger partial charge in [0.1, 0.15) is 17.8 Å². The molecule has 108 valence electrons. The summed E-state index contributed by atoms with van der Waals surface area (Å²) < 4.78 is 19.8. The van der Waals surface area contributed by atoms with Crippen molar-refractivity contribution in [3.63, 3.8) is 0 Å². The van der Waals surface area contributed by atoms with E-state index in [1.54, 1.807) is 0 Å². The first-order chi connectivity index (χ1) is 9.49. The van der Waals surface area contributed by atoms with Gasteiger partial charge in [0.05, 0.1) is 6.61 Å². The van der Waals surface area contributed by atoms with Crippen LogP contribution >= 0.6 is 0 Å². The van der Waals surface area contributed by atoms with Gasteiger partial charge in [-0.2, -0.15) is 0 Å². The van der Waals surface area contributed by atoms with Crippen molar-refractivity contribution in [3.8, 4) is 11.8 Å². The summed E-state index contributed by atoms with van der Waals surface area (Å²) in [6.45, 7) is 0.919. The smallest absolute Gasteiger partial charge is 0.330 e. The van der Waals surface area contributed by atoms with Gasteiger partial charge >= 0.3 is 5.69 Å². The van der Waals surface area contributed by atoms with E-state index in [4.69, 9.17) is 9.84 Å². The van der Waals surface area contributed by atoms with Crippen molar-refractivity contribution in [2.75, 3.05) is 6.61 Å². The molecule has 4 unspecified atom stereocenters. The summed E-state index contributed by atoms with van der Waals surface area (Å²) in [6.07, 6.45) is -4.94. The van der Waals surface area contributed by atoms with Crippen molar-refractivity contribution in [2.45, 2.75) is 31.5 Å². The molecule has 0 saturated carbocycles. The van der Waals surface area contributed by atoms with Crippen molar-refractivity contribution in [1.29, 1.82) is 0 Å². The first kappa shape index (κ1) is 14.5.